The third-order valence-corrected chi connectivity index (χ3v) is 3.36. The van der Waals surface area contributed by atoms with Crippen LogP contribution in [0, 0.1) is 0 Å². The maximum absolute atomic E-state index is 11.7. The number of anilines is 1. The van der Waals surface area contributed by atoms with E-state index in [9.17, 15) is 13.2 Å². The first kappa shape index (κ1) is 14.6. The van der Waals surface area contributed by atoms with Crippen LogP contribution in [0.1, 0.15) is 19.8 Å². The van der Waals surface area contributed by atoms with Gasteiger partial charge in [0.05, 0.1) is 11.7 Å². The molecule has 0 bridgehead atoms. The van der Waals surface area contributed by atoms with Crippen molar-refractivity contribution in [2.45, 2.75) is 30.7 Å². The Bertz CT molecular complexity index is 528. The van der Waals surface area contributed by atoms with Gasteiger partial charge < -0.3 is 11.1 Å². The molecule has 0 radical (unpaired) electrons. The zero-order chi connectivity index (χ0) is 13.8. The van der Waals surface area contributed by atoms with Gasteiger partial charge in [-0.05, 0) is 18.6 Å². The van der Waals surface area contributed by atoms with Gasteiger partial charge in [-0.2, -0.15) is 0 Å². The lowest BCUT2D eigenvalue weighted by Crippen LogP contribution is -2.35. The first-order valence-electron chi connectivity index (χ1n) is 5.54. The lowest BCUT2D eigenvalue weighted by Gasteiger charge is -2.13. The molecule has 0 aliphatic rings. The third-order valence-electron chi connectivity index (χ3n) is 2.39. The standard InChI is InChI=1S/C11H17N3O3S/c1-2-5-8(12)11(15)14-9-6-3-4-7-10(9)18(13,16)17/h3-4,6-8H,2,5,12H2,1H3,(H,14,15)(H2,13,16,17)/t8-/m0/s1. The highest BCUT2D eigenvalue weighted by Gasteiger charge is 2.18. The number of para-hydroxylation sites is 1. The number of hydrogen-bond donors (Lipinski definition) is 3. The molecule has 0 unspecified atom stereocenters. The van der Waals surface area contributed by atoms with Crippen molar-refractivity contribution in [2.24, 2.45) is 10.9 Å². The van der Waals surface area contributed by atoms with Crippen molar-refractivity contribution < 1.29 is 13.2 Å². The molecule has 0 heterocycles. The van der Waals surface area contributed by atoms with Crippen molar-refractivity contribution in [3.63, 3.8) is 0 Å². The highest BCUT2D eigenvalue weighted by Crippen LogP contribution is 2.19. The second kappa shape index (κ2) is 5.94. The molecule has 0 aliphatic heterocycles. The van der Waals surface area contributed by atoms with E-state index in [1.807, 2.05) is 6.92 Å². The van der Waals surface area contributed by atoms with Crippen LogP contribution < -0.4 is 16.2 Å². The van der Waals surface area contributed by atoms with Crippen LogP contribution in [0.15, 0.2) is 29.2 Å². The summed E-state index contributed by atoms with van der Waals surface area (Å²) < 4.78 is 22.7. The van der Waals surface area contributed by atoms with E-state index in [1.165, 1.54) is 18.2 Å². The van der Waals surface area contributed by atoms with Gasteiger partial charge in [0.1, 0.15) is 4.90 Å². The average molecular weight is 271 g/mol. The van der Waals surface area contributed by atoms with Gasteiger partial charge >= 0.3 is 0 Å². The molecule has 1 rings (SSSR count). The van der Waals surface area contributed by atoms with E-state index < -0.39 is 22.0 Å². The average Bonchev–Trinajstić information content (AvgIpc) is 2.28. The van der Waals surface area contributed by atoms with E-state index in [0.717, 1.165) is 6.42 Å². The van der Waals surface area contributed by atoms with Crippen molar-refractivity contribution in [3.8, 4) is 0 Å². The molecular formula is C11H17N3O3S. The van der Waals surface area contributed by atoms with Gasteiger partial charge in [-0.25, -0.2) is 13.6 Å². The van der Waals surface area contributed by atoms with Gasteiger partial charge in [0.25, 0.3) is 0 Å². The molecule has 1 aromatic carbocycles. The summed E-state index contributed by atoms with van der Waals surface area (Å²) >= 11 is 0. The van der Waals surface area contributed by atoms with Crippen LogP contribution in [-0.4, -0.2) is 20.4 Å². The fraction of sp³-hybridized carbons (Fsp3) is 0.364. The van der Waals surface area contributed by atoms with Crippen LogP contribution in [0.2, 0.25) is 0 Å². The smallest absolute Gasteiger partial charge is 0.241 e. The minimum atomic E-state index is -3.87. The Morgan fingerprint density at radius 3 is 2.56 bits per heavy atom. The maximum Gasteiger partial charge on any atom is 0.241 e. The summed E-state index contributed by atoms with van der Waals surface area (Å²) in [6, 6.07) is 5.27. The molecule has 0 saturated heterocycles. The molecule has 0 saturated carbocycles. The molecule has 1 amide bonds. The predicted octanol–water partition coefficient (Wildman–Crippen LogP) is 0.400. The Morgan fingerprint density at radius 1 is 1.39 bits per heavy atom. The molecule has 5 N–H and O–H groups in total. The lowest BCUT2D eigenvalue weighted by atomic mass is 10.1. The Kier molecular flexibility index (Phi) is 4.83. The molecule has 0 spiro atoms. The number of carbonyl (C=O) groups excluding carboxylic acids is 1. The molecule has 1 atom stereocenters. The van der Waals surface area contributed by atoms with Crippen molar-refractivity contribution in [3.05, 3.63) is 24.3 Å². The monoisotopic (exact) mass is 271 g/mol. The largest absolute Gasteiger partial charge is 0.324 e. The number of amides is 1. The predicted molar refractivity (Wildman–Crippen MR) is 69.3 cm³/mol. The summed E-state index contributed by atoms with van der Waals surface area (Å²) in [6.07, 6.45) is 1.30. The van der Waals surface area contributed by atoms with Gasteiger partial charge in [0.2, 0.25) is 15.9 Å². The number of benzene rings is 1. The van der Waals surface area contributed by atoms with Crippen LogP contribution in [0.3, 0.4) is 0 Å². The first-order chi connectivity index (χ1) is 8.36. The third kappa shape index (κ3) is 3.80. The van der Waals surface area contributed by atoms with Crippen LogP contribution in [0.25, 0.3) is 0 Å². The fourth-order valence-electron chi connectivity index (χ4n) is 1.49. The maximum atomic E-state index is 11.7. The molecule has 0 aromatic heterocycles. The number of nitrogens with two attached hydrogens (primary N) is 2. The van der Waals surface area contributed by atoms with E-state index in [4.69, 9.17) is 10.9 Å². The summed E-state index contributed by atoms with van der Waals surface area (Å²) in [7, 11) is -3.87. The van der Waals surface area contributed by atoms with Crippen molar-refractivity contribution in [1.82, 2.24) is 0 Å². The summed E-state index contributed by atoms with van der Waals surface area (Å²) in [5.41, 5.74) is 5.79. The minimum Gasteiger partial charge on any atom is -0.324 e. The van der Waals surface area contributed by atoms with E-state index in [1.54, 1.807) is 6.07 Å². The summed E-state index contributed by atoms with van der Waals surface area (Å²) in [5.74, 6) is -0.423. The van der Waals surface area contributed by atoms with Crippen LogP contribution in [-0.2, 0) is 14.8 Å². The van der Waals surface area contributed by atoms with Gasteiger partial charge in [-0.15, -0.1) is 0 Å². The van der Waals surface area contributed by atoms with Gasteiger partial charge in [-0.3, -0.25) is 4.79 Å². The highest BCUT2D eigenvalue weighted by molar-refractivity contribution is 7.89. The number of carbonyl (C=O) groups is 1. The fourth-order valence-corrected chi connectivity index (χ4v) is 2.18. The topological polar surface area (TPSA) is 115 Å². The Hall–Kier alpha value is -1.44. The molecule has 0 aliphatic carbocycles. The zero-order valence-electron chi connectivity index (χ0n) is 10.1. The van der Waals surface area contributed by atoms with E-state index in [2.05, 4.69) is 5.32 Å². The Morgan fingerprint density at radius 2 is 2.00 bits per heavy atom. The van der Waals surface area contributed by atoms with Gasteiger partial charge in [-0.1, -0.05) is 25.5 Å². The second-order valence-corrected chi connectivity index (χ2v) is 5.46. The Balaban J connectivity index is 2.95. The van der Waals surface area contributed by atoms with Crippen LogP contribution in [0.5, 0.6) is 0 Å². The van der Waals surface area contributed by atoms with Crippen LogP contribution >= 0.6 is 0 Å². The molecule has 100 valence electrons. The summed E-state index contributed by atoms with van der Waals surface area (Å²) in [6.45, 7) is 1.91. The molecule has 6 nitrogen and oxygen atoms in total. The summed E-state index contributed by atoms with van der Waals surface area (Å²) in [4.78, 5) is 11.6. The number of rotatable bonds is 5. The number of nitrogens with one attached hydrogen (secondary N) is 1. The van der Waals surface area contributed by atoms with E-state index in [-0.39, 0.29) is 10.6 Å². The number of hydrogen-bond acceptors (Lipinski definition) is 4. The van der Waals surface area contributed by atoms with Gasteiger partial charge in [0.15, 0.2) is 0 Å². The van der Waals surface area contributed by atoms with Crippen molar-refractivity contribution in [2.75, 3.05) is 5.32 Å². The number of primary sulfonamides is 1. The molecular weight excluding hydrogens is 254 g/mol. The molecule has 0 fully saturated rings. The van der Waals surface area contributed by atoms with E-state index >= 15 is 0 Å². The highest BCUT2D eigenvalue weighted by atomic mass is 32.2. The quantitative estimate of drug-likeness (QED) is 0.718. The second-order valence-electron chi connectivity index (χ2n) is 3.93. The van der Waals surface area contributed by atoms with Crippen LogP contribution in [0.4, 0.5) is 5.69 Å². The molecule has 7 heteroatoms. The first-order valence-corrected chi connectivity index (χ1v) is 7.09. The van der Waals surface area contributed by atoms with Crippen molar-refractivity contribution >= 4 is 21.6 Å². The number of sulfonamides is 1. The zero-order valence-corrected chi connectivity index (χ0v) is 10.9. The minimum absolute atomic E-state index is 0.123. The van der Waals surface area contributed by atoms with E-state index in [0.29, 0.717) is 6.42 Å². The van der Waals surface area contributed by atoms with Gasteiger partial charge in [0, 0.05) is 0 Å². The van der Waals surface area contributed by atoms with Crippen molar-refractivity contribution in [1.29, 1.82) is 0 Å². The Labute approximate surface area is 106 Å². The SMILES string of the molecule is CCC[C@H](N)C(=O)Nc1ccccc1S(N)(=O)=O. The molecule has 18 heavy (non-hydrogen) atoms. The lowest BCUT2D eigenvalue weighted by molar-refractivity contribution is -0.117. The molecule has 1 aromatic rings. The normalized spacial score (nSPS) is 13.1. The summed E-state index contributed by atoms with van der Waals surface area (Å²) in [5, 5.41) is 7.54.